The van der Waals surface area contributed by atoms with Gasteiger partial charge in [-0.15, -0.1) is 0 Å². The molecule has 20 heavy (non-hydrogen) atoms. The average molecular weight is 342 g/mol. The first-order valence-electron chi connectivity index (χ1n) is 7.04. The molecule has 3 nitrogen and oxygen atoms in total. The van der Waals surface area contributed by atoms with E-state index in [-0.39, 0.29) is 23.9 Å². The van der Waals surface area contributed by atoms with Gasteiger partial charge in [0.2, 0.25) is 0 Å². The van der Waals surface area contributed by atoms with Gasteiger partial charge in [0, 0.05) is 11.0 Å². The smallest absolute Gasteiger partial charge is 0.255 e. The van der Waals surface area contributed by atoms with E-state index in [0.29, 0.717) is 23.2 Å². The second kappa shape index (κ2) is 5.82. The zero-order chi connectivity index (χ0) is 14.1. The van der Waals surface area contributed by atoms with E-state index in [9.17, 15) is 9.18 Å². The van der Waals surface area contributed by atoms with Gasteiger partial charge in [-0.3, -0.25) is 4.79 Å². The lowest BCUT2D eigenvalue weighted by Crippen LogP contribution is -2.54. The van der Waals surface area contributed by atoms with Crippen LogP contribution in [0.3, 0.4) is 0 Å². The minimum Gasteiger partial charge on any atom is -0.374 e. The Morgan fingerprint density at radius 1 is 1.35 bits per heavy atom. The molecule has 1 aromatic carbocycles. The summed E-state index contributed by atoms with van der Waals surface area (Å²) in [6.07, 6.45) is 4.42. The normalized spacial score (nSPS) is 26.2. The first kappa shape index (κ1) is 14.0. The van der Waals surface area contributed by atoms with Gasteiger partial charge in [0.05, 0.1) is 24.3 Å². The third-order valence-electron chi connectivity index (χ3n) is 4.15. The minimum absolute atomic E-state index is 0.100. The van der Waals surface area contributed by atoms with Crippen LogP contribution in [0.2, 0.25) is 0 Å². The molecule has 1 saturated heterocycles. The number of halogens is 2. The van der Waals surface area contributed by atoms with Crippen LogP contribution in [0.4, 0.5) is 4.39 Å². The highest BCUT2D eigenvalue weighted by Gasteiger charge is 2.37. The van der Waals surface area contributed by atoms with Crippen molar-refractivity contribution in [1.29, 1.82) is 0 Å². The van der Waals surface area contributed by atoms with Crippen molar-refractivity contribution in [1.82, 2.24) is 4.90 Å². The third kappa shape index (κ3) is 2.61. The van der Waals surface area contributed by atoms with Crippen LogP contribution in [0.15, 0.2) is 22.7 Å². The van der Waals surface area contributed by atoms with Crippen LogP contribution >= 0.6 is 15.9 Å². The highest BCUT2D eigenvalue weighted by molar-refractivity contribution is 9.10. The molecular weight excluding hydrogens is 325 g/mol. The fraction of sp³-hybridized carbons (Fsp3) is 0.533. The number of hydrogen-bond acceptors (Lipinski definition) is 2. The van der Waals surface area contributed by atoms with E-state index in [1.807, 2.05) is 4.90 Å². The van der Waals surface area contributed by atoms with Crippen molar-refractivity contribution in [2.24, 2.45) is 0 Å². The number of amides is 1. The number of ether oxygens (including phenoxy) is 1. The van der Waals surface area contributed by atoms with E-state index in [2.05, 4.69) is 15.9 Å². The van der Waals surface area contributed by atoms with Gasteiger partial charge in [-0.2, -0.15) is 0 Å². The van der Waals surface area contributed by atoms with Gasteiger partial charge < -0.3 is 9.64 Å². The van der Waals surface area contributed by atoms with Gasteiger partial charge in [0.15, 0.2) is 0 Å². The average Bonchev–Trinajstić information content (AvgIpc) is 2.48. The van der Waals surface area contributed by atoms with Crippen molar-refractivity contribution in [2.75, 3.05) is 13.2 Å². The molecule has 1 aliphatic heterocycles. The summed E-state index contributed by atoms with van der Waals surface area (Å²) in [6, 6.07) is 4.38. The zero-order valence-electron chi connectivity index (χ0n) is 11.1. The molecule has 3 rings (SSSR count). The number of nitrogens with zero attached hydrogens (tertiary/aromatic N) is 1. The van der Waals surface area contributed by atoms with E-state index >= 15 is 0 Å². The summed E-state index contributed by atoms with van der Waals surface area (Å²) in [4.78, 5) is 14.6. The Balaban J connectivity index is 1.87. The molecule has 1 heterocycles. The van der Waals surface area contributed by atoms with Crippen LogP contribution in [-0.4, -0.2) is 36.1 Å². The Kier molecular flexibility index (Phi) is 4.08. The number of hydrogen-bond donors (Lipinski definition) is 0. The Morgan fingerprint density at radius 3 is 3.00 bits per heavy atom. The van der Waals surface area contributed by atoms with E-state index < -0.39 is 0 Å². The molecule has 1 aliphatic carbocycles. The minimum atomic E-state index is -0.384. The fourth-order valence-corrected chi connectivity index (χ4v) is 3.58. The summed E-state index contributed by atoms with van der Waals surface area (Å²) in [7, 11) is 0. The molecule has 0 N–H and O–H groups in total. The maximum Gasteiger partial charge on any atom is 0.255 e. The van der Waals surface area contributed by atoms with Gasteiger partial charge in [-0.1, -0.05) is 12.8 Å². The van der Waals surface area contributed by atoms with Gasteiger partial charge in [-0.25, -0.2) is 4.39 Å². The molecule has 0 aromatic heterocycles. The lowest BCUT2D eigenvalue weighted by molar-refractivity contribution is -0.0753. The first-order chi connectivity index (χ1) is 9.66. The quantitative estimate of drug-likeness (QED) is 0.783. The summed E-state index contributed by atoms with van der Waals surface area (Å²) in [5.41, 5.74) is 0.399. The molecule has 2 atom stereocenters. The van der Waals surface area contributed by atoms with Gasteiger partial charge in [0.25, 0.3) is 5.91 Å². The van der Waals surface area contributed by atoms with Crippen LogP contribution in [0.1, 0.15) is 36.0 Å². The van der Waals surface area contributed by atoms with Gasteiger partial charge in [-0.05, 0) is 47.0 Å². The maximum atomic E-state index is 13.4. The molecule has 1 saturated carbocycles. The van der Waals surface area contributed by atoms with Crippen molar-refractivity contribution >= 4 is 21.8 Å². The zero-order valence-corrected chi connectivity index (χ0v) is 12.7. The van der Waals surface area contributed by atoms with Crippen LogP contribution in [0.5, 0.6) is 0 Å². The highest BCUT2D eigenvalue weighted by Crippen LogP contribution is 2.30. The molecule has 2 unspecified atom stereocenters. The number of morpholine rings is 1. The molecule has 108 valence electrons. The Labute approximate surface area is 126 Å². The fourth-order valence-electron chi connectivity index (χ4n) is 3.16. The highest BCUT2D eigenvalue weighted by atomic mass is 79.9. The summed E-state index contributed by atoms with van der Waals surface area (Å²) < 4.78 is 19.8. The predicted octanol–water partition coefficient (Wildman–Crippen LogP) is 3.37. The van der Waals surface area contributed by atoms with Crippen LogP contribution in [-0.2, 0) is 4.74 Å². The van der Waals surface area contributed by atoms with E-state index in [0.717, 1.165) is 25.7 Å². The maximum absolute atomic E-state index is 13.4. The summed E-state index contributed by atoms with van der Waals surface area (Å²) in [6.45, 7) is 1.16. The molecular formula is C15H17BrFNO2. The van der Waals surface area contributed by atoms with Crippen molar-refractivity contribution in [3.8, 4) is 0 Å². The Bertz CT molecular complexity index is 521. The largest absolute Gasteiger partial charge is 0.374 e. The monoisotopic (exact) mass is 341 g/mol. The lowest BCUT2D eigenvalue weighted by atomic mass is 9.89. The Hall–Kier alpha value is -0.940. The summed E-state index contributed by atoms with van der Waals surface area (Å²) >= 11 is 3.34. The van der Waals surface area contributed by atoms with E-state index in [1.54, 1.807) is 6.07 Å². The van der Waals surface area contributed by atoms with Crippen molar-refractivity contribution in [3.05, 3.63) is 34.1 Å². The van der Waals surface area contributed by atoms with Crippen molar-refractivity contribution in [2.45, 2.75) is 37.8 Å². The SMILES string of the molecule is O=C(c1cc(F)ccc1Br)N1CCOC2CCCCC21. The number of benzene rings is 1. The molecule has 0 bridgehead atoms. The second-order valence-electron chi connectivity index (χ2n) is 5.38. The summed E-state index contributed by atoms with van der Waals surface area (Å²) in [5.74, 6) is -0.485. The molecule has 2 fully saturated rings. The molecule has 2 aliphatic rings. The number of carbonyl (C=O) groups is 1. The van der Waals surface area contributed by atoms with Crippen molar-refractivity contribution < 1.29 is 13.9 Å². The third-order valence-corrected chi connectivity index (χ3v) is 4.84. The number of fused-ring (bicyclic) bond motifs is 1. The topological polar surface area (TPSA) is 29.5 Å². The number of rotatable bonds is 1. The van der Waals surface area contributed by atoms with Crippen LogP contribution in [0.25, 0.3) is 0 Å². The lowest BCUT2D eigenvalue weighted by Gasteiger charge is -2.43. The van der Waals surface area contributed by atoms with Crippen LogP contribution in [0, 0.1) is 5.82 Å². The molecule has 1 amide bonds. The van der Waals surface area contributed by atoms with Gasteiger partial charge >= 0.3 is 0 Å². The molecule has 5 heteroatoms. The number of carbonyl (C=O) groups excluding carboxylic acids is 1. The van der Waals surface area contributed by atoms with E-state index in [1.165, 1.54) is 12.1 Å². The first-order valence-corrected chi connectivity index (χ1v) is 7.84. The van der Waals surface area contributed by atoms with Gasteiger partial charge in [0.1, 0.15) is 5.82 Å². The standard InChI is InChI=1S/C15H17BrFNO2/c16-12-6-5-10(17)9-11(12)15(19)18-7-8-20-14-4-2-1-3-13(14)18/h5-6,9,13-14H,1-4,7-8H2. The van der Waals surface area contributed by atoms with Crippen molar-refractivity contribution in [3.63, 3.8) is 0 Å². The predicted molar refractivity (Wildman–Crippen MR) is 77.1 cm³/mol. The Morgan fingerprint density at radius 2 is 2.15 bits per heavy atom. The van der Waals surface area contributed by atoms with E-state index in [4.69, 9.17) is 4.74 Å². The van der Waals surface area contributed by atoms with Crippen LogP contribution < -0.4 is 0 Å². The molecule has 0 radical (unpaired) electrons. The molecule has 1 aromatic rings. The second-order valence-corrected chi connectivity index (χ2v) is 6.24. The molecule has 0 spiro atoms. The summed E-state index contributed by atoms with van der Waals surface area (Å²) in [5, 5.41) is 0.